The maximum atomic E-state index is 12.3. The molecule has 0 aliphatic heterocycles. The number of carbonyl (C=O) groups is 1. The third kappa shape index (κ3) is 4.51. The largest absolute Gasteiger partial charge is 0.495 e. The van der Waals surface area contributed by atoms with Crippen LogP contribution in [0.1, 0.15) is 44.0 Å². The molecule has 1 aliphatic rings. The van der Waals surface area contributed by atoms with Gasteiger partial charge in [0.1, 0.15) is 11.6 Å². The third-order valence-electron chi connectivity index (χ3n) is 4.54. The molecule has 140 valence electrons. The first-order chi connectivity index (χ1) is 12.6. The zero-order chi connectivity index (χ0) is 18.5. The summed E-state index contributed by atoms with van der Waals surface area (Å²) in [6.07, 6.45) is 6.09. The van der Waals surface area contributed by atoms with Gasteiger partial charge >= 0.3 is 0 Å². The quantitative estimate of drug-likeness (QED) is 0.731. The number of nitrogens with one attached hydrogen (secondary N) is 1. The average Bonchev–Trinajstić information content (AvgIpc) is 3.01. The van der Waals surface area contributed by atoms with E-state index in [9.17, 15) is 4.79 Å². The minimum Gasteiger partial charge on any atom is -0.495 e. The summed E-state index contributed by atoms with van der Waals surface area (Å²) in [5.74, 6) is 1.66. The van der Waals surface area contributed by atoms with E-state index in [1.807, 2.05) is 6.92 Å². The number of aryl methyl sites for hydroxylation is 1. The molecule has 0 bridgehead atoms. The number of anilines is 1. The van der Waals surface area contributed by atoms with Gasteiger partial charge < -0.3 is 14.6 Å². The van der Waals surface area contributed by atoms with Crippen LogP contribution in [0.4, 0.5) is 5.69 Å². The molecule has 1 aromatic carbocycles. The molecule has 0 saturated heterocycles. The molecule has 8 heteroatoms. The molecule has 0 atom stereocenters. The molecule has 0 spiro atoms. The fourth-order valence-electron chi connectivity index (χ4n) is 3.28. The Hall–Kier alpha value is -1.73. The highest BCUT2D eigenvalue weighted by Crippen LogP contribution is 2.32. The van der Waals surface area contributed by atoms with Crippen molar-refractivity contribution in [2.45, 2.75) is 50.2 Å². The molecular weight excluding hydrogens is 372 g/mol. The van der Waals surface area contributed by atoms with Gasteiger partial charge in [0.2, 0.25) is 5.91 Å². The van der Waals surface area contributed by atoms with Crippen LogP contribution in [-0.2, 0) is 4.79 Å². The van der Waals surface area contributed by atoms with Crippen molar-refractivity contribution in [2.75, 3.05) is 18.2 Å². The fourth-order valence-corrected chi connectivity index (χ4v) is 4.39. The number of thioether (sulfide) groups is 1. The average molecular weight is 395 g/mol. The summed E-state index contributed by atoms with van der Waals surface area (Å²) in [5.41, 5.74) is 0.645. The summed E-state index contributed by atoms with van der Waals surface area (Å²) in [6, 6.07) is 5.62. The lowest BCUT2D eigenvalue weighted by Gasteiger charge is -2.24. The van der Waals surface area contributed by atoms with Gasteiger partial charge in [-0.05, 0) is 38.0 Å². The predicted molar refractivity (Wildman–Crippen MR) is 104 cm³/mol. The van der Waals surface area contributed by atoms with E-state index in [0.717, 1.165) is 23.8 Å². The molecule has 0 unspecified atom stereocenters. The first kappa shape index (κ1) is 19.0. The molecule has 6 nitrogen and oxygen atoms in total. The zero-order valence-corrected chi connectivity index (χ0v) is 16.6. The topological polar surface area (TPSA) is 69.0 Å². The number of methoxy groups -OCH3 is 1. The highest BCUT2D eigenvalue weighted by atomic mass is 35.5. The predicted octanol–water partition coefficient (Wildman–Crippen LogP) is 4.48. The van der Waals surface area contributed by atoms with Crippen LogP contribution < -0.4 is 10.1 Å². The van der Waals surface area contributed by atoms with E-state index < -0.39 is 0 Å². The highest BCUT2D eigenvalue weighted by Gasteiger charge is 2.21. The molecular formula is C18H23ClN4O2S. The van der Waals surface area contributed by atoms with Crippen molar-refractivity contribution in [1.82, 2.24) is 14.8 Å². The van der Waals surface area contributed by atoms with Gasteiger partial charge in [-0.1, -0.05) is 42.6 Å². The molecule has 1 aromatic heterocycles. The van der Waals surface area contributed by atoms with Crippen LogP contribution in [-0.4, -0.2) is 33.5 Å². The summed E-state index contributed by atoms with van der Waals surface area (Å²) in [4.78, 5) is 12.3. The van der Waals surface area contributed by atoms with Crippen molar-refractivity contribution in [2.24, 2.45) is 0 Å². The standard InChI is InChI=1S/C18H23ClN4O2S/c1-12-21-22-18(23(12)14-6-4-3-5-7-14)26-11-17(24)20-13-8-9-16(25-2)15(19)10-13/h8-10,14H,3-7,11H2,1-2H3,(H,20,24). The van der Waals surface area contributed by atoms with Gasteiger partial charge in [0.05, 0.1) is 17.9 Å². The van der Waals surface area contributed by atoms with Gasteiger partial charge in [0, 0.05) is 11.7 Å². The van der Waals surface area contributed by atoms with Crippen LogP contribution in [0, 0.1) is 6.92 Å². The Morgan fingerprint density at radius 1 is 1.35 bits per heavy atom. The summed E-state index contributed by atoms with van der Waals surface area (Å²) < 4.78 is 7.31. The Bertz CT molecular complexity index is 775. The Balaban J connectivity index is 1.60. The van der Waals surface area contributed by atoms with Crippen LogP contribution in [0.3, 0.4) is 0 Å². The lowest BCUT2D eigenvalue weighted by atomic mass is 9.95. The molecule has 0 radical (unpaired) electrons. The lowest BCUT2D eigenvalue weighted by Crippen LogP contribution is -2.17. The van der Waals surface area contributed by atoms with E-state index in [1.165, 1.54) is 31.0 Å². The van der Waals surface area contributed by atoms with Crippen LogP contribution in [0.15, 0.2) is 23.4 Å². The van der Waals surface area contributed by atoms with E-state index in [0.29, 0.717) is 22.5 Å². The van der Waals surface area contributed by atoms with Crippen LogP contribution >= 0.6 is 23.4 Å². The summed E-state index contributed by atoms with van der Waals surface area (Å²) in [7, 11) is 1.56. The van der Waals surface area contributed by atoms with E-state index in [2.05, 4.69) is 20.1 Å². The van der Waals surface area contributed by atoms with Crippen molar-refractivity contribution in [3.63, 3.8) is 0 Å². The number of rotatable bonds is 6. The van der Waals surface area contributed by atoms with Gasteiger partial charge in [-0.3, -0.25) is 4.79 Å². The number of halogens is 1. The van der Waals surface area contributed by atoms with E-state index in [4.69, 9.17) is 16.3 Å². The first-order valence-electron chi connectivity index (χ1n) is 8.76. The van der Waals surface area contributed by atoms with Gasteiger partial charge in [0.25, 0.3) is 0 Å². The number of nitrogens with zero attached hydrogens (tertiary/aromatic N) is 3. The molecule has 1 N–H and O–H groups in total. The van der Waals surface area contributed by atoms with Crippen molar-refractivity contribution in [3.8, 4) is 5.75 Å². The maximum absolute atomic E-state index is 12.3. The number of benzene rings is 1. The van der Waals surface area contributed by atoms with Crippen molar-refractivity contribution in [1.29, 1.82) is 0 Å². The fraction of sp³-hybridized carbons (Fsp3) is 0.500. The van der Waals surface area contributed by atoms with Gasteiger partial charge in [-0.25, -0.2) is 0 Å². The molecule has 2 aromatic rings. The smallest absolute Gasteiger partial charge is 0.234 e. The Labute approximate surface area is 162 Å². The Kier molecular flexibility index (Phi) is 6.43. The van der Waals surface area contributed by atoms with E-state index >= 15 is 0 Å². The molecule has 26 heavy (non-hydrogen) atoms. The second-order valence-corrected chi connectivity index (χ2v) is 7.73. The molecule has 1 saturated carbocycles. The number of hydrogen-bond acceptors (Lipinski definition) is 5. The normalized spacial score (nSPS) is 15.0. The van der Waals surface area contributed by atoms with E-state index in [-0.39, 0.29) is 11.7 Å². The van der Waals surface area contributed by atoms with Gasteiger partial charge in [-0.2, -0.15) is 0 Å². The second kappa shape index (κ2) is 8.77. The van der Waals surface area contributed by atoms with Crippen LogP contribution in [0.5, 0.6) is 5.75 Å². The number of carbonyl (C=O) groups excluding carboxylic acids is 1. The number of hydrogen-bond donors (Lipinski definition) is 1. The van der Waals surface area contributed by atoms with Gasteiger partial charge in [0.15, 0.2) is 5.16 Å². The Morgan fingerprint density at radius 3 is 2.81 bits per heavy atom. The molecule has 1 aliphatic carbocycles. The maximum Gasteiger partial charge on any atom is 0.234 e. The minimum absolute atomic E-state index is 0.105. The SMILES string of the molecule is COc1ccc(NC(=O)CSc2nnc(C)n2C2CCCCC2)cc1Cl. The van der Waals surface area contributed by atoms with Crippen molar-refractivity contribution >= 4 is 35.0 Å². The summed E-state index contributed by atoms with van der Waals surface area (Å²) in [5, 5.41) is 12.6. The monoisotopic (exact) mass is 394 g/mol. The molecule has 1 heterocycles. The zero-order valence-electron chi connectivity index (χ0n) is 15.0. The molecule has 1 fully saturated rings. The van der Waals surface area contributed by atoms with Crippen LogP contribution in [0.25, 0.3) is 0 Å². The first-order valence-corrected chi connectivity index (χ1v) is 10.1. The van der Waals surface area contributed by atoms with Crippen LogP contribution in [0.2, 0.25) is 5.02 Å². The van der Waals surface area contributed by atoms with Crippen molar-refractivity contribution < 1.29 is 9.53 Å². The second-order valence-electron chi connectivity index (χ2n) is 6.38. The lowest BCUT2D eigenvalue weighted by molar-refractivity contribution is -0.113. The molecule has 3 rings (SSSR count). The van der Waals surface area contributed by atoms with Crippen molar-refractivity contribution in [3.05, 3.63) is 29.0 Å². The van der Waals surface area contributed by atoms with E-state index in [1.54, 1.807) is 25.3 Å². The minimum atomic E-state index is -0.105. The summed E-state index contributed by atoms with van der Waals surface area (Å²) in [6.45, 7) is 1.98. The number of amides is 1. The Morgan fingerprint density at radius 2 is 2.12 bits per heavy atom. The number of aromatic nitrogens is 3. The number of ether oxygens (including phenoxy) is 1. The third-order valence-corrected chi connectivity index (χ3v) is 5.78. The highest BCUT2D eigenvalue weighted by molar-refractivity contribution is 7.99. The summed E-state index contributed by atoms with van der Waals surface area (Å²) >= 11 is 7.51. The van der Waals surface area contributed by atoms with Gasteiger partial charge in [-0.15, -0.1) is 10.2 Å². The molecule has 1 amide bonds.